The van der Waals surface area contributed by atoms with E-state index in [1.165, 1.54) is 25.7 Å². The fraction of sp³-hybridized carbons (Fsp3) is 1.00. The molecule has 3 rings (SSSR count). The van der Waals surface area contributed by atoms with Gasteiger partial charge in [0.15, 0.2) is 0 Å². The van der Waals surface area contributed by atoms with E-state index in [1.54, 1.807) is 0 Å². The Balaban J connectivity index is 1.58. The van der Waals surface area contributed by atoms with E-state index in [0.717, 1.165) is 24.7 Å². The van der Waals surface area contributed by atoms with Gasteiger partial charge in [-0.1, -0.05) is 12.8 Å². The van der Waals surface area contributed by atoms with Gasteiger partial charge in [-0.3, -0.25) is 11.3 Å². The van der Waals surface area contributed by atoms with Gasteiger partial charge >= 0.3 is 6.18 Å². The van der Waals surface area contributed by atoms with Gasteiger partial charge in [0.2, 0.25) is 0 Å². The van der Waals surface area contributed by atoms with E-state index in [2.05, 4.69) is 5.43 Å². The Morgan fingerprint density at radius 2 is 1.86 bits per heavy atom. The number of hydrogen-bond acceptors (Lipinski definition) is 2. The molecule has 3 N–H and O–H groups in total. The van der Waals surface area contributed by atoms with Gasteiger partial charge < -0.3 is 0 Å². The van der Waals surface area contributed by atoms with Crippen LogP contribution in [0.1, 0.15) is 57.8 Å². The molecule has 0 aromatic carbocycles. The van der Waals surface area contributed by atoms with Crippen molar-refractivity contribution in [3.05, 3.63) is 0 Å². The van der Waals surface area contributed by atoms with Crippen LogP contribution in [0.2, 0.25) is 0 Å². The second kappa shape index (κ2) is 6.07. The minimum atomic E-state index is -4.04. The number of hydrazine groups is 1. The summed E-state index contributed by atoms with van der Waals surface area (Å²) >= 11 is 0. The van der Waals surface area contributed by atoms with Crippen LogP contribution in [0.4, 0.5) is 13.2 Å². The van der Waals surface area contributed by atoms with Gasteiger partial charge in [-0.25, -0.2) is 0 Å². The zero-order valence-corrected chi connectivity index (χ0v) is 12.5. The van der Waals surface area contributed by atoms with Gasteiger partial charge in [0.05, 0.1) is 5.92 Å². The standard InChI is InChI=1S/C16H27F3N2/c17-16(18,19)14-3-1-2-12(8-14)15(21-20)9-13-7-10-4-5-11(13)6-10/h10-15,21H,1-9,20H2. The fourth-order valence-corrected chi connectivity index (χ4v) is 5.28. The highest BCUT2D eigenvalue weighted by Gasteiger charge is 2.45. The average molecular weight is 304 g/mol. The van der Waals surface area contributed by atoms with Crippen LogP contribution in [-0.4, -0.2) is 12.2 Å². The van der Waals surface area contributed by atoms with Crippen LogP contribution in [0.3, 0.4) is 0 Å². The van der Waals surface area contributed by atoms with Crippen LogP contribution in [0.15, 0.2) is 0 Å². The number of nitrogens with two attached hydrogens (primary N) is 1. The molecule has 0 radical (unpaired) electrons. The number of hydrogen-bond donors (Lipinski definition) is 2. The maximum absolute atomic E-state index is 13.0. The minimum Gasteiger partial charge on any atom is -0.271 e. The maximum Gasteiger partial charge on any atom is 0.391 e. The van der Waals surface area contributed by atoms with Crippen molar-refractivity contribution >= 4 is 0 Å². The maximum atomic E-state index is 13.0. The van der Waals surface area contributed by atoms with Crippen LogP contribution in [0.5, 0.6) is 0 Å². The molecule has 0 aliphatic heterocycles. The molecule has 0 aromatic rings. The molecule has 3 aliphatic rings. The molecule has 0 saturated heterocycles. The molecule has 21 heavy (non-hydrogen) atoms. The summed E-state index contributed by atoms with van der Waals surface area (Å²) in [5.41, 5.74) is 2.86. The topological polar surface area (TPSA) is 38.0 Å². The van der Waals surface area contributed by atoms with E-state index in [-0.39, 0.29) is 18.4 Å². The quantitative estimate of drug-likeness (QED) is 0.608. The second-order valence-electron chi connectivity index (χ2n) is 7.61. The summed E-state index contributed by atoms with van der Waals surface area (Å²) in [6.45, 7) is 0. The molecule has 2 nitrogen and oxygen atoms in total. The molecule has 6 atom stereocenters. The zero-order chi connectivity index (χ0) is 15.0. The predicted molar refractivity (Wildman–Crippen MR) is 76.2 cm³/mol. The van der Waals surface area contributed by atoms with E-state index >= 15 is 0 Å². The smallest absolute Gasteiger partial charge is 0.271 e. The summed E-state index contributed by atoms with van der Waals surface area (Å²) in [6, 6.07) is 0.0690. The van der Waals surface area contributed by atoms with Gasteiger partial charge in [-0.15, -0.1) is 0 Å². The highest BCUT2D eigenvalue weighted by Crippen LogP contribution is 2.51. The monoisotopic (exact) mass is 304 g/mol. The normalized spacial score (nSPS) is 41.4. The second-order valence-corrected chi connectivity index (χ2v) is 7.61. The molecule has 2 bridgehead atoms. The van der Waals surface area contributed by atoms with Crippen LogP contribution >= 0.6 is 0 Å². The Hall–Kier alpha value is -0.290. The van der Waals surface area contributed by atoms with Gasteiger partial charge in [0, 0.05) is 6.04 Å². The molecular weight excluding hydrogens is 277 g/mol. The molecule has 122 valence electrons. The molecule has 3 aliphatic carbocycles. The molecule has 6 unspecified atom stereocenters. The Labute approximate surface area is 125 Å². The van der Waals surface area contributed by atoms with Crippen molar-refractivity contribution in [1.29, 1.82) is 0 Å². The first-order chi connectivity index (χ1) is 9.97. The fourth-order valence-electron chi connectivity index (χ4n) is 5.28. The SMILES string of the molecule is NNC(CC1CC2CCC1C2)C1CCCC(C(F)(F)F)C1. The molecule has 3 fully saturated rings. The van der Waals surface area contributed by atoms with Crippen LogP contribution in [0.25, 0.3) is 0 Å². The summed E-state index contributed by atoms with van der Waals surface area (Å²) in [5.74, 6) is 7.06. The van der Waals surface area contributed by atoms with Crippen molar-refractivity contribution < 1.29 is 13.2 Å². The molecule has 0 aromatic heterocycles. The van der Waals surface area contributed by atoms with Gasteiger partial charge in [0.25, 0.3) is 0 Å². The van der Waals surface area contributed by atoms with E-state index < -0.39 is 12.1 Å². The largest absolute Gasteiger partial charge is 0.391 e. The number of fused-ring (bicyclic) bond motifs is 2. The zero-order valence-electron chi connectivity index (χ0n) is 12.5. The van der Waals surface area contributed by atoms with E-state index in [1.807, 2.05) is 0 Å². The lowest BCUT2D eigenvalue weighted by Crippen LogP contribution is -2.45. The summed E-state index contributed by atoms with van der Waals surface area (Å²) in [7, 11) is 0. The minimum absolute atomic E-state index is 0.0690. The Morgan fingerprint density at radius 3 is 2.43 bits per heavy atom. The van der Waals surface area contributed by atoms with Crippen molar-refractivity contribution in [3.8, 4) is 0 Å². The lowest BCUT2D eigenvalue weighted by Gasteiger charge is -2.37. The third-order valence-electron chi connectivity index (χ3n) is 6.40. The Morgan fingerprint density at radius 1 is 1.05 bits per heavy atom. The molecule has 5 heteroatoms. The first-order valence-electron chi connectivity index (χ1n) is 8.50. The third-order valence-corrected chi connectivity index (χ3v) is 6.40. The average Bonchev–Trinajstić information content (AvgIpc) is 3.06. The Kier molecular flexibility index (Phi) is 4.51. The highest BCUT2D eigenvalue weighted by atomic mass is 19.4. The van der Waals surface area contributed by atoms with Crippen molar-refractivity contribution in [2.75, 3.05) is 0 Å². The third kappa shape index (κ3) is 3.39. The van der Waals surface area contributed by atoms with E-state index in [4.69, 9.17) is 5.84 Å². The molecular formula is C16H27F3N2. The molecule has 3 saturated carbocycles. The van der Waals surface area contributed by atoms with Crippen LogP contribution < -0.4 is 11.3 Å². The van der Waals surface area contributed by atoms with Gasteiger partial charge in [0.1, 0.15) is 0 Å². The van der Waals surface area contributed by atoms with Crippen molar-refractivity contribution in [3.63, 3.8) is 0 Å². The van der Waals surface area contributed by atoms with E-state index in [0.29, 0.717) is 18.8 Å². The number of rotatable bonds is 4. The molecule has 0 amide bonds. The first-order valence-corrected chi connectivity index (χ1v) is 8.50. The highest BCUT2D eigenvalue weighted by molar-refractivity contribution is 4.93. The first kappa shape index (κ1) is 15.6. The number of halogens is 3. The van der Waals surface area contributed by atoms with Crippen molar-refractivity contribution in [2.24, 2.45) is 35.4 Å². The van der Waals surface area contributed by atoms with E-state index in [9.17, 15) is 13.2 Å². The number of nitrogens with one attached hydrogen (secondary N) is 1. The molecule has 0 spiro atoms. The summed E-state index contributed by atoms with van der Waals surface area (Å²) in [5, 5.41) is 0. The Bertz CT molecular complexity index is 358. The summed E-state index contributed by atoms with van der Waals surface area (Å²) in [6.07, 6.45) is 4.38. The van der Waals surface area contributed by atoms with Crippen LogP contribution in [0, 0.1) is 29.6 Å². The lowest BCUT2D eigenvalue weighted by molar-refractivity contribution is -0.186. The number of alkyl halides is 3. The van der Waals surface area contributed by atoms with Gasteiger partial charge in [-0.05, 0) is 68.6 Å². The molecule has 0 heterocycles. The lowest BCUT2D eigenvalue weighted by atomic mass is 9.74. The summed E-state index contributed by atoms with van der Waals surface area (Å²) < 4.78 is 38.9. The van der Waals surface area contributed by atoms with Gasteiger partial charge in [-0.2, -0.15) is 13.2 Å². The summed E-state index contributed by atoms with van der Waals surface area (Å²) in [4.78, 5) is 0. The van der Waals surface area contributed by atoms with Crippen molar-refractivity contribution in [1.82, 2.24) is 5.43 Å². The van der Waals surface area contributed by atoms with Crippen molar-refractivity contribution in [2.45, 2.75) is 70.0 Å². The van der Waals surface area contributed by atoms with Crippen LogP contribution in [-0.2, 0) is 0 Å². The predicted octanol–water partition coefficient (Wildman–Crippen LogP) is 4.01.